The summed E-state index contributed by atoms with van der Waals surface area (Å²) < 4.78 is 31.7. The highest BCUT2D eigenvalue weighted by atomic mass is 19.1. The van der Waals surface area contributed by atoms with Crippen molar-refractivity contribution in [2.45, 2.75) is 6.92 Å². The number of carbonyl (C=O) groups is 1. The van der Waals surface area contributed by atoms with E-state index >= 15 is 0 Å². The molecular weight excluding hydrogens is 262 g/mol. The van der Waals surface area contributed by atoms with E-state index in [0.29, 0.717) is 22.1 Å². The summed E-state index contributed by atoms with van der Waals surface area (Å²) in [5, 5.41) is 0.521. The van der Waals surface area contributed by atoms with Gasteiger partial charge in [0.15, 0.2) is 5.76 Å². The Balaban J connectivity index is 2.05. The fourth-order valence-corrected chi connectivity index (χ4v) is 2.05. The lowest BCUT2D eigenvalue weighted by molar-refractivity contribution is 0.101. The third-order valence-corrected chi connectivity index (χ3v) is 3.12. The molecule has 4 heteroatoms. The molecule has 0 atom stereocenters. The third kappa shape index (κ3) is 2.09. The van der Waals surface area contributed by atoms with Crippen LogP contribution in [0.25, 0.3) is 11.0 Å². The van der Waals surface area contributed by atoms with Crippen molar-refractivity contribution in [2.24, 2.45) is 0 Å². The highest BCUT2D eigenvalue weighted by Gasteiger charge is 2.15. The summed E-state index contributed by atoms with van der Waals surface area (Å²) in [4.78, 5) is 12.3. The standard InChI is InChI=1S/C16H10F2O2/c1-9-6-10(2-4-13(9)18)16(19)15-8-11-7-12(17)3-5-14(11)20-15/h2-8H,1H3. The minimum absolute atomic E-state index is 0.108. The second kappa shape index (κ2) is 4.56. The van der Waals surface area contributed by atoms with Crippen LogP contribution in [0.3, 0.4) is 0 Å². The number of rotatable bonds is 2. The minimum atomic E-state index is -0.394. The van der Waals surface area contributed by atoms with Gasteiger partial charge in [0.05, 0.1) is 0 Å². The lowest BCUT2D eigenvalue weighted by Gasteiger charge is -2.00. The van der Waals surface area contributed by atoms with Crippen LogP contribution in [0.4, 0.5) is 8.78 Å². The molecule has 3 rings (SSSR count). The summed E-state index contributed by atoms with van der Waals surface area (Å²) in [6, 6.07) is 9.62. The summed E-state index contributed by atoms with van der Waals surface area (Å²) in [6.07, 6.45) is 0. The molecule has 0 unspecified atom stereocenters. The first-order valence-electron chi connectivity index (χ1n) is 6.04. The number of furan rings is 1. The quantitative estimate of drug-likeness (QED) is 0.653. The van der Waals surface area contributed by atoms with Gasteiger partial charge in [0.25, 0.3) is 0 Å². The zero-order valence-corrected chi connectivity index (χ0v) is 10.6. The lowest BCUT2D eigenvalue weighted by atomic mass is 10.1. The highest BCUT2D eigenvalue weighted by molar-refractivity contribution is 6.09. The summed E-state index contributed by atoms with van der Waals surface area (Å²) in [7, 11) is 0. The Morgan fingerprint density at radius 1 is 1.05 bits per heavy atom. The van der Waals surface area contributed by atoms with Crippen LogP contribution in [-0.4, -0.2) is 5.78 Å². The van der Waals surface area contributed by atoms with Crippen molar-refractivity contribution in [1.82, 2.24) is 0 Å². The molecule has 0 aliphatic carbocycles. The average molecular weight is 272 g/mol. The second-order valence-electron chi connectivity index (χ2n) is 4.59. The molecular formula is C16H10F2O2. The van der Waals surface area contributed by atoms with Crippen LogP contribution in [0.5, 0.6) is 0 Å². The molecule has 0 saturated carbocycles. The molecule has 0 N–H and O–H groups in total. The summed E-state index contributed by atoms with van der Waals surface area (Å²) in [5.41, 5.74) is 1.16. The molecule has 1 heterocycles. The van der Waals surface area contributed by atoms with Crippen molar-refractivity contribution >= 4 is 16.8 Å². The fourth-order valence-electron chi connectivity index (χ4n) is 2.05. The first-order chi connectivity index (χ1) is 9.54. The van der Waals surface area contributed by atoms with Crippen LogP contribution in [0.15, 0.2) is 46.9 Å². The molecule has 0 radical (unpaired) electrons. The zero-order chi connectivity index (χ0) is 14.3. The van der Waals surface area contributed by atoms with E-state index in [2.05, 4.69) is 0 Å². The zero-order valence-electron chi connectivity index (χ0n) is 10.6. The highest BCUT2D eigenvalue weighted by Crippen LogP contribution is 2.23. The molecule has 0 saturated heterocycles. The Labute approximate surface area is 113 Å². The van der Waals surface area contributed by atoms with Crippen molar-refractivity contribution in [3.8, 4) is 0 Å². The smallest absolute Gasteiger partial charge is 0.228 e. The van der Waals surface area contributed by atoms with Gasteiger partial charge in [-0.25, -0.2) is 8.78 Å². The van der Waals surface area contributed by atoms with E-state index in [4.69, 9.17) is 4.42 Å². The van der Waals surface area contributed by atoms with Gasteiger partial charge in [-0.15, -0.1) is 0 Å². The van der Waals surface area contributed by atoms with E-state index in [-0.39, 0.29) is 17.4 Å². The monoisotopic (exact) mass is 272 g/mol. The first-order valence-corrected chi connectivity index (χ1v) is 6.04. The topological polar surface area (TPSA) is 30.2 Å². The molecule has 1 aromatic heterocycles. The summed E-state index contributed by atoms with van der Waals surface area (Å²) in [5.74, 6) is -1.01. The van der Waals surface area contributed by atoms with Gasteiger partial charge >= 0.3 is 0 Å². The van der Waals surface area contributed by atoms with Crippen LogP contribution < -0.4 is 0 Å². The number of aryl methyl sites for hydroxylation is 1. The van der Waals surface area contributed by atoms with Crippen molar-refractivity contribution < 1.29 is 18.0 Å². The van der Waals surface area contributed by atoms with Crippen LogP contribution in [0.1, 0.15) is 21.7 Å². The molecule has 20 heavy (non-hydrogen) atoms. The Bertz CT molecular complexity index is 818. The maximum atomic E-state index is 13.2. The van der Waals surface area contributed by atoms with Crippen molar-refractivity contribution in [3.63, 3.8) is 0 Å². The molecule has 2 aromatic carbocycles. The Kier molecular flexibility index (Phi) is 2.86. The van der Waals surface area contributed by atoms with E-state index in [1.165, 1.54) is 42.5 Å². The maximum absolute atomic E-state index is 13.2. The molecule has 0 aliphatic rings. The Hall–Kier alpha value is -2.49. The average Bonchev–Trinajstić information content (AvgIpc) is 2.84. The van der Waals surface area contributed by atoms with Gasteiger partial charge in [-0.3, -0.25) is 4.79 Å². The van der Waals surface area contributed by atoms with Gasteiger partial charge in [0.1, 0.15) is 17.2 Å². The van der Waals surface area contributed by atoms with Gasteiger partial charge in [0, 0.05) is 10.9 Å². The van der Waals surface area contributed by atoms with Crippen LogP contribution in [0.2, 0.25) is 0 Å². The van der Waals surface area contributed by atoms with Crippen molar-refractivity contribution in [3.05, 3.63) is 71.0 Å². The second-order valence-corrected chi connectivity index (χ2v) is 4.59. The molecule has 0 bridgehead atoms. The molecule has 2 nitrogen and oxygen atoms in total. The Morgan fingerprint density at radius 3 is 2.60 bits per heavy atom. The number of hydrogen-bond acceptors (Lipinski definition) is 2. The van der Waals surface area contributed by atoms with Gasteiger partial charge in [-0.05, 0) is 55.0 Å². The largest absolute Gasteiger partial charge is 0.453 e. The third-order valence-electron chi connectivity index (χ3n) is 3.12. The molecule has 0 fully saturated rings. The van der Waals surface area contributed by atoms with Gasteiger partial charge in [0.2, 0.25) is 5.78 Å². The number of carbonyl (C=O) groups excluding carboxylic acids is 1. The maximum Gasteiger partial charge on any atom is 0.228 e. The van der Waals surface area contributed by atoms with Gasteiger partial charge in [-0.2, -0.15) is 0 Å². The summed E-state index contributed by atoms with van der Waals surface area (Å²) in [6.45, 7) is 1.58. The molecule has 0 amide bonds. The predicted molar refractivity (Wildman–Crippen MR) is 70.7 cm³/mol. The number of benzene rings is 2. The molecule has 100 valence electrons. The van der Waals surface area contributed by atoms with E-state index in [9.17, 15) is 13.6 Å². The van der Waals surface area contributed by atoms with Crippen molar-refractivity contribution in [2.75, 3.05) is 0 Å². The SMILES string of the molecule is Cc1cc(C(=O)c2cc3cc(F)ccc3o2)ccc1F. The van der Waals surface area contributed by atoms with E-state index in [1.807, 2.05) is 0 Å². The lowest BCUT2D eigenvalue weighted by Crippen LogP contribution is -2.00. The van der Waals surface area contributed by atoms with Gasteiger partial charge in [-0.1, -0.05) is 0 Å². The predicted octanol–water partition coefficient (Wildman–Crippen LogP) is 4.25. The number of hydrogen-bond donors (Lipinski definition) is 0. The minimum Gasteiger partial charge on any atom is -0.453 e. The van der Waals surface area contributed by atoms with E-state index < -0.39 is 5.82 Å². The normalized spacial score (nSPS) is 10.9. The molecule has 0 spiro atoms. The first kappa shape index (κ1) is 12.5. The van der Waals surface area contributed by atoms with Crippen LogP contribution in [-0.2, 0) is 0 Å². The fraction of sp³-hybridized carbons (Fsp3) is 0.0625. The van der Waals surface area contributed by atoms with Crippen LogP contribution in [0, 0.1) is 18.6 Å². The van der Waals surface area contributed by atoms with E-state index in [1.54, 1.807) is 6.92 Å². The molecule has 3 aromatic rings. The van der Waals surface area contributed by atoms with Crippen molar-refractivity contribution in [1.29, 1.82) is 0 Å². The van der Waals surface area contributed by atoms with E-state index in [0.717, 1.165) is 0 Å². The number of ketones is 1. The van der Waals surface area contributed by atoms with Gasteiger partial charge < -0.3 is 4.42 Å². The summed E-state index contributed by atoms with van der Waals surface area (Å²) >= 11 is 0. The molecule has 0 aliphatic heterocycles. The Morgan fingerprint density at radius 2 is 1.85 bits per heavy atom. The van der Waals surface area contributed by atoms with Crippen LogP contribution >= 0.6 is 0 Å². The number of fused-ring (bicyclic) bond motifs is 1. The number of halogens is 2.